The number of amides is 1. The Hall–Kier alpha value is -7.33. The highest BCUT2D eigenvalue weighted by Gasteiger charge is 2.28. The smallest absolute Gasteiger partial charge is 0.343 e. The summed E-state index contributed by atoms with van der Waals surface area (Å²) in [6.45, 7) is 14.8. The number of benzene rings is 5. The molecule has 3 aliphatic heterocycles. The first-order chi connectivity index (χ1) is 36.9. The fourth-order valence-corrected chi connectivity index (χ4v) is 8.65. The van der Waals surface area contributed by atoms with Crippen molar-refractivity contribution in [3.63, 3.8) is 0 Å². The summed E-state index contributed by atoms with van der Waals surface area (Å²) < 4.78 is 103. The van der Waals surface area contributed by atoms with E-state index in [0.717, 1.165) is 69.8 Å². The molecule has 1 aromatic heterocycles. The molecule has 0 unspecified atom stereocenters. The van der Waals surface area contributed by atoms with E-state index in [0.29, 0.717) is 96.6 Å². The molecule has 0 spiro atoms. The largest absolute Gasteiger partial charge is 0.480 e. The van der Waals surface area contributed by atoms with E-state index in [1.54, 1.807) is 58.5 Å². The lowest BCUT2D eigenvalue weighted by Crippen LogP contribution is -2.43. The Morgan fingerprint density at radius 2 is 1.25 bits per heavy atom. The normalized spacial score (nSPS) is 14.5. The average molecular weight is 1160 g/mol. The number of nitrogens with one attached hydrogen (secondary N) is 2. The minimum absolute atomic E-state index is 0.178. The first-order valence-electron chi connectivity index (χ1n) is 23.4. The molecule has 1 atom stereocenters. The highest BCUT2D eigenvalue weighted by atomic mass is 79.9. The highest BCUT2D eigenvalue weighted by Crippen LogP contribution is 2.36. The first-order valence-corrected chi connectivity index (χ1v) is 24.5. The quantitative estimate of drug-likeness (QED) is 0.0576. The number of ether oxygens (including phenoxy) is 4. The average Bonchev–Trinajstić information content (AvgIpc) is 3.41. The summed E-state index contributed by atoms with van der Waals surface area (Å²) in [4.78, 5) is 57.9. The number of morpholine rings is 3. The van der Waals surface area contributed by atoms with Crippen molar-refractivity contribution >= 4 is 79.3 Å². The molecule has 5 aromatic carbocycles. The number of aromatic carboxylic acids is 1. The molecule has 0 aliphatic carbocycles. The van der Waals surface area contributed by atoms with Gasteiger partial charge in [-0.25, -0.2) is 45.6 Å². The summed E-state index contributed by atoms with van der Waals surface area (Å²) in [5.74, 6) is -11.4. The van der Waals surface area contributed by atoms with E-state index in [9.17, 15) is 50.6 Å². The Labute approximate surface area is 450 Å². The predicted octanol–water partition coefficient (Wildman–Crippen LogP) is 9.27. The fraction of sp³-hybridized carbons (Fsp3) is 0.283. The van der Waals surface area contributed by atoms with Crippen LogP contribution in [0.15, 0.2) is 89.5 Å². The van der Waals surface area contributed by atoms with Crippen LogP contribution in [0.1, 0.15) is 36.6 Å². The Morgan fingerprint density at radius 3 is 1.70 bits per heavy atom. The van der Waals surface area contributed by atoms with Gasteiger partial charge in [0.15, 0.2) is 5.69 Å². The zero-order valence-electron chi connectivity index (χ0n) is 40.8. The van der Waals surface area contributed by atoms with E-state index in [2.05, 4.69) is 41.1 Å². The first kappa shape index (κ1) is 58.9. The lowest BCUT2D eigenvalue weighted by atomic mass is 9.95. The van der Waals surface area contributed by atoms with Crippen LogP contribution in [-0.2, 0) is 30.2 Å². The van der Waals surface area contributed by atoms with Crippen molar-refractivity contribution in [2.75, 3.05) is 95.8 Å². The topological polar surface area (TPSA) is 193 Å². The maximum absolute atomic E-state index is 14.9. The fourth-order valence-electron chi connectivity index (χ4n) is 7.97. The van der Waals surface area contributed by atoms with Gasteiger partial charge < -0.3 is 49.6 Å². The summed E-state index contributed by atoms with van der Waals surface area (Å²) in [7, 11) is 1.06. The number of halogens is 8. The van der Waals surface area contributed by atoms with Crippen LogP contribution in [0.4, 0.5) is 43.4 Å². The number of aliphatic carboxylic acids is 1. The van der Waals surface area contributed by atoms with Crippen LogP contribution in [0.2, 0.25) is 5.02 Å². The SMILES string of the molecule is C1COCCN1.COC(=O)c1c(F)cc(Br)cc1F.O=C(O)c1c(F)cc(N2CCOCC2)cc1F.[C-]#[N+]c1ccc(-c2ccc(C[C@H](NC(=O)c3c(F)cc(N4CCOCC4)cc3F)C(=O)O)c3cccnc23)c(Cl)c1. The van der Waals surface area contributed by atoms with Crippen molar-refractivity contribution in [2.45, 2.75) is 12.5 Å². The number of anilines is 2. The van der Waals surface area contributed by atoms with Crippen LogP contribution in [-0.4, -0.2) is 131 Å². The van der Waals surface area contributed by atoms with Gasteiger partial charge in [-0.3, -0.25) is 9.78 Å². The van der Waals surface area contributed by atoms with E-state index in [1.807, 2.05) is 0 Å². The lowest BCUT2D eigenvalue weighted by molar-refractivity contribution is -0.139. The molecule has 6 aromatic rings. The van der Waals surface area contributed by atoms with Crippen LogP contribution in [0, 0.1) is 41.5 Å². The van der Waals surface area contributed by atoms with Gasteiger partial charge in [-0.05, 0) is 59.7 Å². The zero-order valence-corrected chi connectivity index (χ0v) is 43.2. The second-order valence-electron chi connectivity index (χ2n) is 16.7. The Balaban J connectivity index is 0.000000215. The van der Waals surface area contributed by atoms with Gasteiger partial charge in [0, 0.05) is 83.7 Å². The monoisotopic (exact) mass is 1160 g/mol. The Bertz CT molecular complexity index is 3080. The zero-order chi connectivity index (χ0) is 55.8. The van der Waals surface area contributed by atoms with E-state index >= 15 is 0 Å². The molecule has 16 nitrogen and oxygen atoms in total. The maximum atomic E-state index is 14.9. The number of carboxylic acid groups (broad SMARTS) is 2. The number of hydrogen-bond donors (Lipinski definition) is 4. The van der Waals surface area contributed by atoms with Crippen LogP contribution in [0.25, 0.3) is 26.9 Å². The molecular formula is C53H48BrClF6N6O10. The molecule has 77 heavy (non-hydrogen) atoms. The van der Waals surface area contributed by atoms with Crippen LogP contribution in [0.5, 0.6) is 0 Å². The maximum Gasteiger partial charge on any atom is 0.343 e. The van der Waals surface area contributed by atoms with Gasteiger partial charge in [0.05, 0.1) is 58.8 Å². The Morgan fingerprint density at radius 1 is 0.740 bits per heavy atom. The minimum atomic E-state index is -1.60. The number of rotatable bonds is 10. The van der Waals surface area contributed by atoms with Crippen LogP contribution in [0.3, 0.4) is 0 Å². The molecule has 3 fully saturated rings. The van der Waals surface area contributed by atoms with Gasteiger partial charge in [-0.2, -0.15) is 0 Å². The van der Waals surface area contributed by atoms with E-state index in [1.165, 1.54) is 0 Å². The summed E-state index contributed by atoms with van der Waals surface area (Å²) in [5.41, 5.74) is 0.952. The molecule has 9 rings (SSSR count). The second kappa shape index (κ2) is 28.2. The molecule has 3 saturated heterocycles. The van der Waals surface area contributed by atoms with Crippen molar-refractivity contribution in [1.82, 2.24) is 15.6 Å². The van der Waals surface area contributed by atoms with Crippen molar-refractivity contribution in [3.8, 4) is 11.1 Å². The molecular weight excluding hydrogens is 1110 g/mol. The summed E-state index contributed by atoms with van der Waals surface area (Å²) in [6.07, 6.45) is 1.41. The molecule has 4 N–H and O–H groups in total. The van der Waals surface area contributed by atoms with E-state index in [4.69, 9.17) is 37.5 Å². The number of fused-ring (bicyclic) bond motifs is 1. The van der Waals surface area contributed by atoms with E-state index in [-0.39, 0.29) is 16.6 Å². The number of esters is 1. The van der Waals surface area contributed by atoms with Crippen molar-refractivity contribution in [2.24, 2.45) is 0 Å². The molecule has 4 heterocycles. The van der Waals surface area contributed by atoms with Gasteiger partial charge in [-0.1, -0.05) is 57.9 Å². The predicted molar refractivity (Wildman–Crippen MR) is 276 cm³/mol. The Kier molecular flexibility index (Phi) is 21.6. The van der Waals surface area contributed by atoms with Gasteiger partial charge >= 0.3 is 17.9 Å². The third-order valence-corrected chi connectivity index (χ3v) is 12.5. The number of carbonyl (C=O) groups excluding carboxylic acids is 2. The van der Waals surface area contributed by atoms with Crippen molar-refractivity contribution in [3.05, 3.63) is 163 Å². The summed E-state index contributed by atoms with van der Waals surface area (Å²) in [5, 5.41) is 24.9. The summed E-state index contributed by atoms with van der Waals surface area (Å²) in [6, 6.07) is 16.5. The molecule has 3 aliphatic rings. The number of hydrogen-bond acceptors (Lipinski definition) is 12. The van der Waals surface area contributed by atoms with Gasteiger partial charge in [0.1, 0.15) is 57.6 Å². The third-order valence-electron chi connectivity index (χ3n) is 11.7. The van der Waals surface area contributed by atoms with Crippen LogP contribution < -0.4 is 20.4 Å². The number of aromatic nitrogens is 1. The minimum Gasteiger partial charge on any atom is -0.480 e. The lowest BCUT2D eigenvalue weighted by Gasteiger charge is -2.29. The molecule has 0 saturated carbocycles. The number of methoxy groups -OCH3 is 1. The summed E-state index contributed by atoms with van der Waals surface area (Å²) >= 11 is 9.32. The third kappa shape index (κ3) is 15.6. The van der Waals surface area contributed by atoms with Gasteiger partial charge in [0.25, 0.3) is 5.91 Å². The van der Waals surface area contributed by atoms with E-state index < -0.39 is 81.5 Å². The molecule has 1 amide bonds. The number of nitrogens with zero attached hydrogens (tertiary/aromatic N) is 4. The number of carboxylic acids is 2. The molecule has 24 heteroatoms. The highest BCUT2D eigenvalue weighted by molar-refractivity contribution is 9.10. The molecule has 406 valence electrons. The van der Waals surface area contributed by atoms with Gasteiger partial charge in [-0.15, -0.1) is 0 Å². The molecule has 0 radical (unpaired) electrons. The van der Waals surface area contributed by atoms with Crippen molar-refractivity contribution in [1.29, 1.82) is 0 Å². The van der Waals surface area contributed by atoms with Crippen molar-refractivity contribution < 1.29 is 74.7 Å². The standard InChI is InChI=1S/C30H23ClF2N4O4.C11H11F2NO3.C8H5BrF2O2.C4H9NO/c1-34-18-5-7-21(23(31)14-18)22-6-4-17(20-3-2-8-35-28(20)22)13-26(30(39)40)36-29(38)27-24(32)15-19(16-25(27)33)37-9-11-41-12-10-37;12-8-5-7(14-1-3-17-4-2-14)6-9(13)10(8)11(15)16;1-13-8(12)7-5(10)2-4(9)3-6(7)11;1-3-6-4-2-5-1/h2-8,14-16,26H,9-13H2,(H,36,38)(H,39,40);5-6H,1-4H2,(H,15,16);2-3H,1H3;5H,1-4H2/t26-;;;/m0.../s1. The van der Waals surface area contributed by atoms with Gasteiger partial charge in [0.2, 0.25) is 0 Å². The van der Waals surface area contributed by atoms with Crippen LogP contribution >= 0.6 is 27.5 Å². The number of pyridine rings is 1. The molecule has 0 bridgehead atoms. The number of carbonyl (C=O) groups is 4. The second-order valence-corrected chi connectivity index (χ2v) is 18.0.